The largest absolute Gasteiger partial charge is 0.338 e. The fraction of sp³-hybridized carbons (Fsp3) is 0.778. The molecule has 0 aliphatic carbocycles. The molecule has 2 rings (SSSR count). The molecular formula is C9H16N4O2. The maximum Gasteiger partial charge on any atom is 0.317 e. The second-order valence-electron chi connectivity index (χ2n) is 3.79. The summed E-state index contributed by atoms with van der Waals surface area (Å²) in [6.07, 6.45) is 0.777. The van der Waals surface area contributed by atoms with Crippen molar-refractivity contribution in [3.8, 4) is 0 Å². The highest BCUT2D eigenvalue weighted by Crippen LogP contribution is 2.03. The van der Waals surface area contributed by atoms with Crippen LogP contribution in [0.4, 0.5) is 9.59 Å². The molecule has 15 heavy (non-hydrogen) atoms. The molecule has 0 bridgehead atoms. The maximum atomic E-state index is 11.1. The number of hydrogen-bond donors (Lipinski definition) is 2. The van der Waals surface area contributed by atoms with Gasteiger partial charge in [-0.3, -0.25) is 0 Å². The monoisotopic (exact) mass is 212 g/mol. The number of rotatable bonds is 4. The van der Waals surface area contributed by atoms with Crippen LogP contribution < -0.4 is 10.6 Å². The Morgan fingerprint density at radius 3 is 1.60 bits per heavy atom. The Morgan fingerprint density at radius 1 is 0.867 bits per heavy atom. The Hall–Kier alpha value is -1.46. The minimum atomic E-state index is 0.00673. The summed E-state index contributed by atoms with van der Waals surface area (Å²) in [5.41, 5.74) is 0. The predicted molar refractivity (Wildman–Crippen MR) is 54.6 cm³/mol. The van der Waals surface area contributed by atoms with Crippen molar-refractivity contribution in [2.24, 2.45) is 0 Å². The molecule has 0 unspecified atom stereocenters. The van der Waals surface area contributed by atoms with Crippen LogP contribution in [-0.2, 0) is 0 Å². The average molecular weight is 212 g/mol. The van der Waals surface area contributed by atoms with E-state index in [9.17, 15) is 9.59 Å². The van der Waals surface area contributed by atoms with Gasteiger partial charge in [0, 0.05) is 39.3 Å². The fourth-order valence-corrected chi connectivity index (χ4v) is 1.21. The number of carbonyl (C=O) groups excluding carboxylic acids is 2. The molecule has 2 heterocycles. The second-order valence-corrected chi connectivity index (χ2v) is 3.79. The van der Waals surface area contributed by atoms with Crippen molar-refractivity contribution in [1.82, 2.24) is 20.4 Å². The lowest BCUT2D eigenvalue weighted by Crippen LogP contribution is -2.33. The predicted octanol–water partition coefficient (Wildman–Crippen LogP) is -0.573. The highest BCUT2D eigenvalue weighted by Gasteiger charge is 2.24. The molecule has 0 saturated carbocycles. The van der Waals surface area contributed by atoms with Crippen molar-refractivity contribution >= 4 is 12.1 Å². The smallest absolute Gasteiger partial charge is 0.317 e. The van der Waals surface area contributed by atoms with Crippen LogP contribution in [0.2, 0.25) is 0 Å². The van der Waals surface area contributed by atoms with Crippen molar-refractivity contribution in [3.05, 3.63) is 0 Å². The van der Waals surface area contributed by atoms with Gasteiger partial charge in [0.1, 0.15) is 0 Å². The van der Waals surface area contributed by atoms with Gasteiger partial charge in [-0.1, -0.05) is 0 Å². The summed E-state index contributed by atoms with van der Waals surface area (Å²) in [6, 6.07) is 0.0135. The van der Waals surface area contributed by atoms with E-state index in [-0.39, 0.29) is 12.1 Å². The van der Waals surface area contributed by atoms with E-state index >= 15 is 0 Å². The lowest BCUT2D eigenvalue weighted by atomic mass is 10.4. The van der Waals surface area contributed by atoms with Crippen LogP contribution in [0, 0.1) is 0 Å². The fourth-order valence-electron chi connectivity index (χ4n) is 1.21. The van der Waals surface area contributed by atoms with Crippen LogP contribution in [0.1, 0.15) is 6.42 Å². The van der Waals surface area contributed by atoms with Crippen molar-refractivity contribution in [2.75, 3.05) is 39.3 Å². The van der Waals surface area contributed by atoms with Crippen molar-refractivity contribution in [2.45, 2.75) is 6.42 Å². The first kappa shape index (κ1) is 10.1. The van der Waals surface area contributed by atoms with Gasteiger partial charge in [0.2, 0.25) is 0 Å². The molecule has 6 nitrogen and oxygen atoms in total. The van der Waals surface area contributed by atoms with Crippen LogP contribution in [-0.4, -0.2) is 61.1 Å². The zero-order valence-corrected chi connectivity index (χ0v) is 8.66. The number of nitrogens with one attached hydrogen (secondary N) is 2. The molecule has 0 spiro atoms. The SMILES string of the molecule is O=C(NCCCNC(=O)N1CC1)N1CC1. The number of nitrogens with zero attached hydrogens (tertiary/aromatic N) is 2. The van der Waals surface area contributed by atoms with Gasteiger partial charge in [0.05, 0.1) is 0 Å². The first-order chi connectivity index (χ1) is 7.27. The minimum absolute atomic E-state index is 0.00673. The maximum absolute atomic E-state index is 11.1. The summed E-state index contributed by atoms with van der Waals surface area (Å²) in [6.45, 7) is 4.73. The first-order valence-electron chi connectivity index (χ1n) is 5.33. The number of hydrogen-bond acceptors (Lipinski definition) is 2. The molecule has 4 amide bonds. The molecule has 6 heteroatoms. The Bertz CT molecular complexity index is 235. The molecule has 2 aliphatic rings. The molecule has 84 valence electrons. The lowest BCUT2D eigenvalue weighted by molar-refractivity contribution is 0.228. The quantitative estimate of drug-likeness (QED) is 0.484. The topological polar surface area (TPSA) is 64.2 Å². The summed E-state index contributed by atoms with van der Waals surface area (Å²) in [4.78, 5) is 25.7. The van der Waals surface area contributed by atoms with Crippen LogP contribution in [0.3, 0.4) is 0 Å². The van der Waals surface area contributed by atoms with Crippen LogP contribution in [0.25, 0.3) is 0 Å². The molecule has 2 saturated heterocycles. The molecule has 0 atom stereocenters. The van der Waals surface area contributed by atoms with E-state index in [0.717, 1.165) is 32.6 Å². The van der Waals surface area contributed by atoms with Crippen LogP contribution in [0.15, 0.2) is 0 Å². The zero-order chi connectivity index (χ0) is 10.7. The van der Waals surface area contributed by atoms with Crippen molar-refractivity contribution < 1.29 is 9.59 Å². The minimum Gasteiger partial charge on any atom is -0.338 e. The normalized spacial score (nSPS) is 17.3. The molecule has 0 radical (unpaired) electrons. The molecule has 2 aliphatic heterocycles. The molecule has 0 aromatic carbocycles. The van der Waals surface area contributed by atoms with Crippen LogP contribution >= 0.6 is 0 Å². The van der Waals surface area contributed by atoms with Gasteiger partial charge in [-0.2, -0.15) is 0 Å². The highest BCUT2D eigenvalue weighted by molar-refractivity contribution is 5.76. The van der Waals surface area contributed by atoms with Gasteiger partial charge in [-0.25, -0.2) is 9.59 Å². The van der Waals surface area contributed by atoms with Crippen LogP contribution in [0.5, 0.6) is 0 Å². The van der Waals surface area contributed by atoms with Gasteiger partial charge >= 0.3 is 12.1 Å². The van der Waals surface area contributed by atoms with E-state index < -0.39 is 0 Å². The summed E-state index contributed by atoms with van der Waals surface area (Å²) in [7, 11) is 0. The zero-order valence-electron chi connectivity index (χ0n) is 8.66. The second kappa shape index (κ2) is 4.37. The van der Waals surface area contributed by atoms with E-state index in [1.165, 1.54) is 0 Å². The van der Waals surface area contributed by atoms with E-state index in [4.69, 9.17) is 0 Å². The number of amides is 4. The van der Waals surface area contributed by atoms with E-state index in [1.807, 2.05) is 0 Å². The molecule has 0 aromatic rings. The van der Waals surface area contributed by atoms with Crippen molar-refractivity contribution in [1.29, 1.82) is 0 Å². The molecule has 2 fully saturated rings. The highest BCUT2D eigenvalue weighted by atomic mass is 16.2. The lowest BCUT2D eigenvalue weighted by Gasteiger charge is -2.07. The summed E-state index contributed by atoms with van der Waals surface area (Å²) in [5, 5.41) is 5.57. The summed E-state index contributed by atoms with van der Waals surface area (Å²) >= 11 is 0. The molecular weight excluding hydrogens is 196 g/mol. The third kappa shape index (κ3) is 3.30. The summed E-state index contributed by atoms with van der Waals surface area (Å²) in [5.74, 6) is 0. The van der Waals surface area contributed by atoms with E-state index in [2.05, 4.69) is 10.6 Å². The Labute approximate surface area is 88.6 Å². The number of carbonyl (C=O) groups is 2. The Morgan fingerprint density at radius 2 is 1.27 bits per heavy atom. The van der Waals surface area contributed by atoms with Gasteiger partial charge in [-0.15, -0.1) is 0 Å². The molecule has 2 N–H and O–H groups in total. The third-order valence-electron chi connectivity index (χ3n) is 2.37. The van der Waals surface area contributed by atoms with E-state index in [0.29, 0.717) is 13.1 Å². The van der Waals surface area contributed by atoms with E-state index in [1.54, 1.807) is 9.80 Å². The summed E-state index contributed by atoms with van der Waals surface area (Å²) < 4.78 is 0. The third-order valence-corrected chi connectivity index (χ3v) is 2.37. The first-order valence-corrected chi connectivity index (χ1v) is 5.33. The van der Waals surface area contributed by atoms with Crippen molar-refractivity contribution in [3.63, 3.8) is 0 Å². The number of urea groups is 2. The standard InChI is InChI=1S/C9H16N4O2/c14-8(12-4-5-12)10-2-1-3-11-9(15)13-6-7-13/h1-7H2,(H,10,14)(H,11,15). The Kier molecular flexibility index (Phi) is 2.94. The Balaban J connectivity index is 1.44. The molecule has 0 aromatic heterocycles. The van der Waals surface area contributed by atoms with Gasteiger partial charge < -0.3 is 20.4 Å². The average Bonchev–Trinajstić information content (AvgIpc) is 3.06. The van der Waals surface area contributed by atoms with Gasteiger partial charge in [0.15, 0.2) is 0 Å². The van der Waals surface area contributed by atoms with Gasteiger partial charge in [-0.05, 0) is 6.42 Å². The van der Waals surface area contributed by atoms with Gasteiger partial charge in [0.25, 0.3) is 0 Å².